The maximum atomic E-state index is 12.0. The molecule has 0 bridgehead atoms. The fourth-order valence-electron chi connectivity index (χ4n) is 1.19. The number of carboxylic acid groups (broad SMARTS) is 1. The van der Waals surface area contributed by atoms with Gasteiger partial charge in [0.15, 0.2) is 0 Å². The Balaban J connectivity index is 3.18. The van der Waals surface area contributed by atoms with Crippen molar-refractivity contribution in [2.24, 2.45) is 0 Å². The maximum Gasteiger partial charge on any atom is 0.573 e. The summed E-state index contributed by atoms with van der Waals surface area (Å²) in [5.41, 5.74) is -0.846. The Morgan fingerprint density at radius 3 is 2.53 bits per heavy atom. The summed E-state index contributed by atoms with van der Waals surface area (Å²) < 4.78 is 39.5. The largest absolute Gasteiger partial charge is 0.573 e. The van der Waals surface area contributed by atoms with Gasteiger partial charge in [-0.1, -0.05) is 0 Å². The summed E-state index contributed by atoms with van der Waals surface area (Å²) in [6.07, 6.45) is -3.56. The average Bonchev–Trinajstić information content (AvgIpc) is 2.23. The molecule has 0 aromatic heterocycles. The summed E-state index contributed by atoms with van der Waals surface area (Å²) in [5.74, 6) is -2.07. The van der Waals surface area contributed by atoms with Crippen LogP contribution < -0.4 is 4.74 Å². The first-order chi connectivity index (χ1) is 8.69. The number of nitrogens with zero attached hydrogens (tertiary/aromatic N) is 1. The van der Waals surface area contributed by atoms with Crippen LogP contribution in [0.5, 0.6) is 5.75 Å². The zero-order valence-corrected chi connectivity index (χ0v) is 9.05. The fraction of sp³-hybridized carbons (Fsp3) is 0.100. The summed E-state index contributed by atoms with van der Waals surface area (Å²) in [7, 11) is 0. The highest BCUT2D eigenvalue weighted by atomic mass is 19.4. The third-order valence-corrected chi connectivity index (χ3v) is 1.83. The summed E-state index contributed by atoms with van der Waals surface area (Å²) in [5, 5.41) is 19.0. The molecule has 9 heteroatoms. The lowest BCUT2D eigenvalue weighted by atomic mass is 10.1. The van der Waals surface area contributed by atoms with Crippen LogP contribution in [0.3, 0.4) is 0 Å². The van der Waals surface area contributed by atoms with Gasteiger partial charge in [-0.3, -0.25) is 10.1 Å². The molecule has 1 rings (SSSR count). The second-order valence-corrected chi connectivity index (χ2v) is 3.20. The van der Waals surface area contributed by atoms with E-state index in [1.807, 2.05) is 0 Å². The first-order valence-electron chi connectivity index (χ1n) is 4.64. The molecule has 1 aromatic rings. The highest BCUT2D eigenvalue weighted by Gasteiger charge is 2.31. The first-order valence-corrected chi connectivity index (χ1v) is 4.64. The number of nitro groups is 1. The lowest BCUT2D eigenvalue weighted by molar-refractivity contribution is -0.385. The van der Waals surface area contributed by atoms with Gasteiger partial charge in [0.05, 0.1) is 10.5 Å². The van der Waals surface area contributed by atoms with Crippen LogP contribution in [0, 0.1) is 10.1 Å². The monoisotopic (exact) mass is 277 g/mol. The van der Waals surface area contributed by atoms with Gasteiger partial charge < -0.3 is 9.84 Å². The molecule has 0 radical (unpaired) electrons. The Bertz CT molecular complexity index is 538. The van der Waals surface area contributed by atoms with Gasteiger partial charge in [0.1, 0.15) is 5.75 Å². The normalized spacial score (nSPS) is 11.5. The molecule has 0 aliphatic heterocycles. The zero-order valence-electron chi connectivity index (χ0n) is 9.05. The van der Waals surface area contributed by atoms with Gasteiger partial charge in [0.25, 0.3) is 5.69 Å². The van der Waals surface area contributed by atoms with Crippen molar-refractivity contribution in [2.75, 3.05) is 0 Å². The number of hydrogen-bond acceptors (Lipinski definition) is 4. The number of alkyl halides is 3. The summed E-state index contributed by atoms with van der Waals surface area (Å²) >= 11 is 0. The second-order valence-electron chi connectivity index (χ2n) is 3.20. The minimum atomic E-state index is -4.94. The third-order valence-electron chi connectivity index (χ3n) is 1.83. The number of rotatable bonds is 4. The SMILES string of the molecule is O=C(O)/C=C/c1cc(OC(F)(F)F)ccc1[N+](=O)[O-]. The highest BCUT2D eigenvalue weighted by Crippen LogP contribution is 2.29. The zero-order chi connectivity index (χ0) is 14.6. The van der Waals surface area contributed by atoms with Gasteiger partial charge in [0.2, 0.25) is 0 Å². The molecule has 1 N–H and O–H groups in total. The molecule has 0 atom stereocenters. The minimum Gasteiger partial charge on any atom is -0.478 e. The summed E-state index contributed by atoms with van der Waals surface area (Å²) in [6, 6.07) is 2.29. The second kappa shape index (κ2) is 5.38. The summed E-state index contributed by atoms with van der Waals surface area (Å²) in [4.78, 5) is 20.1. The van der Waals surface area contributed by atoms with Crippen molar-refractivity contribution in [2.45, 2.75) is 6.36 Å². The molecule has 0 saturated heterocycles. The van der Waals surface area contributed by atoms with Crippen molar-refractivity contribution in [3.05, 3.63) is 40.0 Å². The Kier molecular flexibility index (Phi) is 4.10. The lowest BCUT2D eigenvalue weighted by Gasteiger charge is -2.09. The topological polar surface area (TPSA) is 89.7 Å². The van der Waals surface area contributed by atoms with Crippen LogP contribution in [0.2, 0.25) is 0 Å². The van der Waals surface area contributed by atoms with Crippen molar-refractivity contribution in [1.82, 2.24) is 0 Å². The van der Waals surface area contributed by atoms with E-state index in [2.05, 4.69) is 4.74 Å². The van der Waals surface area contributed by atoms with Crippen LogP contribution in [0.1, 0.15) is 5.56 Å². The van der Waals surface area contributed by atoms with E-state index in [4.69, 9.17) is 5.11 Å². The number of hydrogen-bond donors (Lipinski definition) is 1. The number of carboxylic acids is 1. The van der Waals surface area contributed by atoms with Gasteiger partial charge in [-0.05, 0) is 18.2 Å². The van der Waals surface area contributed by atoms with Crippen molar-refractivity contribution < 1.29 is 32.7 Å². The number of halogens is 3. The van der Waals surface area contributed by atoms with Gasteiger partial charge in [-0.25, -0.2) is 4.79 Å². The van der Waals surface area contributed by atoms with Crippen LogP contribution >= 0.6 is 0 Å². The van der Waals surface area contributed by atoms with Crippen molar-refractivity contribution in [3.8, 4) is 5.75 Å². The number of ether oxygens (including phenoxy) is 1. The van der Waals surface area contributed by atoms with Gasteiger partial charge in [0, 0.05) is 12.1 Å². The van der Waals surface area contributed by atoms with Gasteiger partial charge in [-0.2, -0.15) is 0 Å². The van der Waals surface area contributed by atoms with Crippen LogP contribution in [0.4, 0.5) is 18.9 Å². The lowest BCUT2D eigenvalue weighted by Crippen LogP contribution is -2.17. The molecule has 0 amide bonds. The average molecular weight is 277 g/mol. The molecule has 0 heterocycles. The molecule has 0 aliphatic rings. The van der Waals surface area contributed by atoms with Gasteiger partial charge >= 0.3 is 12.3 Å². The Hall–Kier alpha value is -2.58. The molecule has 1 aromatic carbocycles. The highest BCUT2D eigenvalue weighted by molar-refractivity contribution is 5.86. The van der Waals surface area contributed by atoms with E-state index in [1.54, 1.807) is 0 Å². The van der Waals surface area contributed by atoms with Crippen LogP contribution in [0.15, 0.2) is 24.3 Å². The molecule has 19 heavy (non-hydrogen) atoms. The third kappa shape index (κ3) is 4.66. The van der Waals surface area contributed by atoms with Crippen molar-refractivity contribution in [1.29, 1.82) is 0 Å². The standard InChI is InChI=1S/C10H6F3NO5/c11-10(12,13)19-7-2-3-8(14(17)18)6(5-7)1-4-9(15)16/h1-5H,(H,15,16)/b4-1+. The Morgan fingerprint density at radius 2 is 2.05 bits per heavy atom. The van der Waals surface area contributed by atoms with Crippen molar-refractivity contribution in [3.63, 3.8) is 0 Å². The molecule has 0 spiro atoms. The minimum absolute atomic E-state index is 0.311. The van der Waals surface area contributed by atoms with E-state index in [1.165, 1.54) is 0 Å². The van der Waals surface area contributed by atoms with Crippen molar-refractivity contribution >= 4 is 17.7 Å². The molecule has 102 valence electrons. The summed E-state index contributed by atoms with van der Waals surface area (Å²) in [6.45, 7) is 0. The molecule has 0 unspecified atom stereocenters. The first kappa shape index (κ1) is 14.5. The van der Waals surface area contributed by atoms with E-state index in [0.717, 1.165) is 24.3 Å². The fourth-order valence-corrected chi connectivity index (χ4v) is 1.19. The molecule has 0 fully saturated rings. The van der Waals surface area contributed by atoms with E-state index in [-0.39, 0.29) is 5.56 Å². The molecule has 6 nitrogen and oxygen atoms in total. The van der Waals surface area contributed by atoms with Crippen LogP contribution in [-0.4, -0.2) is 22.4 Å². The van der Waals surface area contributed by atoms with E-state index < -0.39 is 28.7 Å². The van der Waals surface area contributed by atoms with Gasteiger partial charge in [-0.15, -0.1) is 13.2 Å². The maximum absolute atomic E-state index is 12.0. The predicted octanol–water partition coefficient (Wildman–Crippen LogP) is 2.59. The smallest absolute Gasteiger partial charge is 0.478 e. The molecular weight excluding hydrogens is 271 g/mol. The van der Waals surface area contributed by atoms with Crippen LogP contribution in [-0.2, 0) is 4.79 Å². The Morgan fingerprint density at radius 1 is 1.42 bits per heavy atom. The molecule has 0 saturated carbocycles. The quantitative estimate of drug-likeness (QED) is 0.519. The van der Waals surface area contributed by atoms with E-state index in [9.17, 15) is 28.1 Å². The van der Waals surface area contributed by atoms with E-state index >= 15 is 0 Å². The molecule has 0 aliphatic carbocycles. The number of benzene rings is 1. The van der Waals surface area contributed by atoms with E-state index in [0.29, 0.717) is 6.08 Å². The van der Waals surface area contributed by atoms with Crippen LogP contribution in [0.25, 0.3) is 6.08 Å². The number of carbonyl (C=O) groups is 1. The number of nitro benzene ring substituents is 1. The Labute approximate surface area is 103 Å². The number of aliphatic carboxylic acids is 1. The molecular formula is C10H6F3NO5. The predicted molar refractivity (Wildman–Crippen MR) is 56.4 cm³/mol.